The molecule has 0 fully saturated rings. The van der Waals surface area contributed by atoms with Crippen LogP contribution in [0.5, 0.6) is 0 Å². The van der Waals surface area contributed by atoms with E-state index >= 15 is 0 Å². The van der Waals surface area contributed by atoms with Gasteiger partial charge in [-0.2, -0.15) is 8.78 Å². The fourth-order valence-corrected chi connectivity index (χ4v) is 2.77. The number of hydrogen-bond acceptors (Lipinski definition) is 3. The van der Waals surface area contributed by atoms with Crippen LogP contribution in [0, 0.1) is 5.82 Å². The Balaban J connectivity index is 1.84. The molecule has 0 radical (unpaired) electrons. The van der Waals surface area contributed by atoms with E-state index in [4.69, 9.17) is 0 Å². The van der Waals surface area contributed by atoms with Crippen molar-refractivity contribution >= 4 is 5.78 Å². The summed E-state index contributed by atoms with van der Waals surface area (Å²) in [6.45, 7) is 0.788. The number of rotatable bonds is 3. The molecule has 0 unspecified atom stereocenters. The molecular weight excluding hydrogens is 341 g/mol. The van der Waals surface area contributed by atoms with Crippen molar-refractivity contribution in [3.63, 3.8) is 0 Å². The van der Waals surface area contributed by atoms with Crippen LogP contribution in [0.4, 0.5) is 13.2 Å². The van der Waals surface area contributed by atoms with Crippen LogP contribution >= 0.6 is 0 Å². The first-order valence-corrected chi connectivity index (χ1v) is 7.86. The summed E-state index contributed by atoms with van der Waals surface area (Å²) in [6.07, 6.45) is 6.20. The summed E-state index contributed by atoms with van der Waals surface area (Å²) in [5, 5.41) is 0. The number of hydrogen-bond donors (Lipinski definition) is 0. The molecule has 26 heavy (non-hydrogen) atoms. The number of nitrogens with zero attached hydrogens (tertiary/aromatic N) is 4. The molecule has 0 spiro atoms. The molecule has 130 valence electrons. The van der Waals surface area contributed by atoms with Crippen molar-refractivity contribution in [2.24, 2.45) is 0 Å². The third-order valence-electron chi connectivity index (χ3n) is 4.08. The van der Waals surface area contributed by atoms with Gasteiger partial charge in [0.05, 0.1) is 11.9 Å². The Morgan fingerprint density at radius 2 is 1.77 bits per heavy atom. The van der Waals surface area contributed by atoms with Gasteiger partial charge in [-0.3, -0.25) is 9.38 Å². The minimum atomic E-state index is -3.04. The molecule has 1 aromatic carbocycles. The predicted molar refractivity (Wildman–Crippen MR) is 91.2 cm³/mol. The largest absolute Gasteiger partial charge is 0.287 e. The van der Waals surface area contributed by atoms with Crippen LogP contribution in [0.25, 0.3) is 28.2 Å². The Hall–Kier alpha value is -3.22. The van der Waals surface area contributed by atoms with Gasteiger partial charge < -0.3 is 0 Å². The van der Waals surface area contributed by atoms with Crippen LogP contribution in [-0.4, -0.2) is 19.4 Å². The number of benzene rings is 1. The zero-order valence-electron chi connectivity index (χ0n) is 13.7. The Morgan fingerprint density at radius 3 is 2.50 bits per heavy atom. The molecule has 0 saturated carbocycles. The van der Waals surface area contributed by atoms with E-state index in [0.717, 1.165) is 6.92 Å². The second-order valence-electron chi connectivity index (χ2n) is 5.95. The smallest absolute Gasteiger partial charge is 0.284 e. The number of fused-ring (bicyclic) bond motifs is 1. The van der Waals surface area contributed by atoms with E-state index in [1.807, 2.05) is 0 Å². The Bertz CT molecular complexity index is 1090. The topological polar surface area (TPSA) is 43.1 Å². The standard InChI is InChI=1S/C19H13F3N4/c1-19(21,22)17-6-9-26-16(11-24-18(26)25-17)13-2-3-15(20)14(10-13)12-4-7-23-8-5-12/h2-11H,1H3. The maximum atomic E-state index is 14.3. The molecule has 0 atom stereocenters. The average molecular weight is 354 g/mol. The molecule has 4 nitrogen and oxygen atoms in total. The third kappa shape index (κ3) is 2.81. The lowest BCUT2D eigenvalue weighted by molar-refractivity contribution is 0.0129. The normalized spacial score (nSPS) is 11.8. The van der Waals surface area contributed by atoms with E-state index in [0.29, 0.717) is 22.4 Å². The van der Waals surface area contributed by atoms with Crippen LogP contribution < -0.4 is 0 Å². The molecule has 3 aromatic heterocycles. The van der Waals surface area contributed by atoms with Crippen LogP contribution in [0.3, 0.4) is 0 Å². The maximum Gasteiger partial charge on any atom is 0.287 e. The van der Waals surface area contributed by atoms with Gasteiger partial charge in [0.1, 0.15) is 11.5 Å². The molecular formula is C19H13F3N4. The number of alkyl halides is 2. The molecule has 0 aliphatic rings. The highest BCUT2D eigenvalue weighted by Crippen LogP contribution is 2.30. The molecule has 0 aliphatic heterocycles. The Labute approximate surface area is 147 Å². The first-order chi connectivity index (χ1) is 12.4. The van der Waals surface area contributed by atoms with Crippen molar-refractivity contribution in [2.75, 3.05) is 0 Å². The van der Waals surface area contributed by atoms with Gasteiger partial charge in [-0.25, -0.2) is 14.4 Å². The highest BCUT2D eigenvalue weighted by atomic mass is 19.3. The predicted octanol–water partition coefficient (Wildman–Crippen LogP) is 4.71. The molecule has 0 bridgehead atoms. The van der Waals surface area contributed by atoms with E-state index in [1.54, 1.807) is 41.1 Å². The fraction of sp³-hybridized carbons (Fsp3) is 0.105. The summed E-state index contributed by atoms with van der Waals surface area (Å²) >= 11 is 0. The van der Waals surface area contributed by atoms with Crippen molar-refractivity contribution < 1.29 is 13.2 Å². The van der Waals surface area contributed by atoms with Gasteiger partial charge >= 0.3 is 0 Å². The second kappa shape index (κ2) is 5.94. The number of aromatic nitrogens is 4. The lowest BCUT2D eigenvalue weighted by Crippen LogP contribution is -2.10. The van der Waals surface area contributed by atoms with E-state index in [1.165, 1.54) is 24.5 Å². The summed E-state index contributed by atoms with van der Waals surface area (Å²) in [4.78, 5) is 12.0. The van der Waals surface area contributed by atoms with Crippen LogP contribution in [0.1, 0.15) is 12.6 Å². The number of pyridine rings is 1. The zero-order valence-corrected chi connectivity index (χ0v) is 13.7. The minimum Gasteiger partial charge on any atom is -0.284 e. The highest BCUT2D eigenvalue weighted by molar-refractivity contribution is 5.72. The summed E-state index contributed by atoms with van der Waals surface area (Å²) < 4.78 is 42.8. The number of imidazole rings is 1. The van der Waals surface area contributed by atoms with Crippen LogP contribution in [-0.2, 0) is 5.92 Å². The van der Waals surface area contributed by atoms with Gasteiger partial charge in [0.25, 0.3) is 5.92 Å². The molecule has 7 heteroatoms. The molecule has 0 N–H and O–H groups in total. The third-order valence-corrected chi connectivity index (χ3v) is 4.08. The van der Waals surface area contributed by atoms with Crippen molar-refractivity contribution in [1.82, 2.24) is 19.4 Å². The lowest BCUT2D eigenvalue weighted by atomic mass is 10.0. The molecule has 3 heterocycles. The monoisotopic (exact) mass is 354 g/mol. The summed E-state index contributed by atoms with van der Waals surface area (Å²) in [5.41, 5.74) is 2.10. The van der Waals surface area contributed by atoms with Crippen molar-refractivity contribution in [2.45, 2.75) is 12.8 Å². The van der Waals surface area contributed by atoms with E-state index in [-0.39, 0.29) is 17.3 Å². The van der Waals surface area contributed by atoms with Gasteiger partial charge in [0, 0.05) is 36.6 Å². The van der Waals surface area contributed by atoms with Gasteiger partial charge in [0.15, 0.2) is 0 Å². The van der Waals surface area contributed by atoms with E-state index in [9.17, 15) is 13.2 Å². The quantitative estimate of drug-likeness (QED) is 0.535. The fourth-order valence-electron chi connectivity index (χ4n) is 2.77. The average Bonchev–Trinajstić information content (AvgIpc) is 3.05. The first kappa shape index (κ1) is 16.3. The summed E-state index contributed by atoms with van der Waals surface area (Å²) in [7, 11) is 0. The second-order valence-corrected chi connectivity index (χ2v) is 5.95. The lowest BCUT2D eigenvalue weighted by Gasteiger charge is -2.10. The van der Waals surface area contributed by atoms with E-state index in [2.05, 4.69) is 15.0 Å². The van der Waals surface area contributed by atoms with Gasteiger partial charge in [-0.05, 0) is 42.0 Å². The van der Waals surface area contributed by atoms with Crippen molar-refractivity contribution in [3.05, 3.63) is 72.7 Å². The molecule has 4 aromatic rings. The van der Waals surface area contributed by atoms with Crippen molar-refractivity contribution in [1.29, 1.82) is 0 Å². The molecule has 0 saturated heterocycles. The van der Waals surface area contributed by atoms with Crippen molar-refractivity contribution in [3.8, 4) is 22.4 Å². The van der Waals surface area contributed by atoms with Gasteiger partial charge in [-0.15, -0.1) is 0 Å². The SMILES string of the molecule is CC(F)(F)c1ccn2c(-c3ccc(F)c(-c4ccncc4)c3)cnc2n1. The Kier molecular flexibility index (Phi) is 3.72. The summed E-state index contributed by atoms with van der Waals surface area (Å²) in [6, 6.07) is 9.36. The van der Waals surface area contributed by atoms with Gasteiger partial charge in [0.2, 0.25) is 5.78 Å². The molecule has 4 rings (SSSR count). The first-order valence-electron chi connectivity index (χ1n) is 7.86. The zero-order chi connectivity index (χ0) is 18.3. The Morgan fingerprint density at radius 1 is 1.00 bits per heavy atom. The minimum absolute atomic E-state index is 0.161. The highest BCUT2D eigenvalue weighted by Gasteiger charge is 2.26. The van der Waals surface area contributed by atoms with Crippen LogP contribution in [0.2, 0.25) is 0 Å². The molecule has 0 aliphatic carbocycles. The van der Waals surface area contributed by atoms with Gasteiger partial charge in [-0.1, -0.05) is 0 Å². The van der Waals surface area contributed by atoms with Crippen LogP contribution in [0.15, 0.2) is 61.2 Å². The number of halogens is 3. The summed E-state index contributed by atoms with van der Waals surface area (Å²) in [5.74, 6) is -3.24. The maximum absolute atomic E-state index is 14.3. The molecule has 0 amide bonds. The van der Waals surface area contributed by atoms with E-state index < -0.39 is 5.92 Å².